The van der Waals surface area contributed by atoms with E-state index in [4.69, 9.17) is 37.2 Å². The van der Waals surface area contributed by atoms with Gasteiger partial charge in [0.15, 0.2) is 0 Å². The molecule has 0 saturated carbocycles. The minimum atomic E-state index is -3.67. The summed E-state index contributed by atoms with van der Waals surface area (Å²) in [4.78, 5) is 25.0. The molecule has 2 N–H and O–H groups in total. The fourth-order valence-corrected chi connectivity index (χ4v) is 3.33. The number of hydrogen-bond acceptors (Lipinski definition) is 7. The lowest BCUT2D eigenvalue weighted by Crippen LogP contribution is -2.32. The number of carbonyl (C=O) groups is 2. The quantitative estimate of drug-likeness (QED) is 0.497. The van der Waals surface area contributed by atoms with Gasteiger partial charge in [-0.1, -0.05) is 35.3 Å². The van der Waals surface area contributed by atoms with Gasteiger partial charge < -0.3 is 14.8 Å². The third-order valence-corrected chi connectivity index (χ3v) is 4.79. The van der Waals surface area contributed by atoms with Crippen LogP contribution in [0, 0.1) is 0 Å². The molecule has 0 fully saturated rings. The summed E-state index contributed by atoms with van der Waals surface area (Å²) in [5.74, 6) is -1.82. The van der Waals surface area contributed by atoms with Gasteiger partial charge in [0, 0.05) is 11.4 Å². The third kappa shape index (κ3) is 6.73. The molecule has 0 bridgehead atoms. The standard InChI is InChI=1S/C18H19Cl2NO4.CH4O3S/c1-5-25-18(23)14-10(3)21-9(2)13(17(22)24-4)15(14)11-7-6-8-12(19)16(11)20;1-5(2,3)4/h6-8,15,21H,5H2,1-4H3;1H3,(H,2,3,4). The zero-order valence-corrected chi connectivity index (χ0v) is 19.4. The van der Waals surface area contributed by atoms with E-state index in [0.717, 1.165) is 0 Å². The summed E-state index contributed by atoms with van der Waals surface area (Å²) < 4.78 is 36.0. The highest BCUT2D eigenvalue weighted by Crippen LogP contribution is 2.43. The average molecular weight is 480 g/mol. The maximum Gasteiger partial charge on any atom is 0.336 e. The van der Waals surface area contributed by atoms with E-state index in [-0.39, 0.29) is 11.6 Å². The van der Waals surface area contributed by atoms with E-state index < -0.39 is 28.0 Å². The summed E-state index contributed by atoms with van der Waals surface area (Å²) in [7, 11) is -2.38. The Labute approximate surface area is 185 Å². The van der Waals surface area contributed by atoms with Crippen molar-refractivity contribution in [1.82, 2.24) is 5.32 Å². The number of dihydropyridines is 1. The van der Waals surface area contributed by atoms with Crippen molar-refractivity contribution in [2.45, 2.75) is 26.7 Å². The van der Waals surface area contributed by atoms with Gasteiger partial charge in [-0.3, -0.25) is 4.55 Å². The van der Waals surface area contributed by atoms with E-state index in [1.807, 2.05) is 0 Å². The van der Waals surface area contributed by atoms with E-state index in [9.17, 15) is 18.0 Å². The van der Waals surface area contributed by atoms with Gasteiger partial charge in [0.05, 0.1) is 47.1 Å². The number of rotatable bonds is 4. The first-order valence-corrected chi connectivity index (χ1v) is 11.2. The molecule has 11 heteroatoms. The molecule has 0 spiro atoms. The van der Waals surface area contributed by atoms with Crippen molar-refractivity contribution in [2.75, 3.05) is 20.0 Å². The van der Waals surface area contributed by atoms with Gasteiger partial charge in [-0.15, -0.1) is 0 Å². The van der Waals surface area contributed by atoms with Crippen LogP contribution in [0.3, 0.4) is 0 Å². The first-order valence-electron chi connectivity index (χ1n) is 8.63. The summed E-state index contributed by atoms with van der Waals surface area (Å²) in [5.41, 5.74) is 2.30. The number of halogens is 2. The Morgan fingerprint density at radius 3 is 2.10 bits per heavy atom. The summed E-state index contributed by atoms with van der Waals surface area (Å²) in [6.45, 7) is 5.41. The molecule has 0 aliphatic carbocycles. The molecule has 1 atom stereocenters. The Morgan fingerprint density at radius 2 is 1.63 bits per heavy atom. The smallest absolute Gasteiger partial charge is 0.336 e. The van der Waals surface area contributed by atoms with Crippen molar-refractivity contribution in [3.8, 4) is 0 Å². The number of benzene rings is 1. The molecule has 1 aliphatic heterocycles. The first-order chi connectivity index (χ1) is 13.8. The second kappa shape index (κ2) is 10.8. The van der Waals surface area contributed by atoms with Gasteiger partial charge >= 0.3 is 11.9 Å². The minimum absolute atomic E-state index is 0.210. The van der Waals surface area contributed by atoms with Crippen LogP contribution in [0.2, 0.25) is 10.0 Å². The monoisotopic (exact) mass is 479 g/mol. The van der Waals surface area contributed by atoms with Crippen LogP contribution in [0.4, 0.5) is 0 Å². The van der Waals surface area contributed by atoms with Crippen molar-refractivity contribution < 1.29 is 32.0 Å². The highest BCUT2D eigenvalue weighted by atomic mass is 35.5. The zero-order chi connectivity index (χ0) is 23.2. The molecule has 0 amide bonds. The number of hydrogen-bond donors (Lipinski definition) is 2. The lowest BCUT2D eigenvalue weighted by Gasteiger charge is -2.30. The normalized spacial score (nSPS) is 16.3. The van der Waals surface area contributed by atoms with Crippen LogP contribution >= 0.6 is 23.2 Å². The van der Waals surface area contributed by atoms with Gasteiger partial charge in [-0.25, -0.2) is 9.59 Å². The molecular weight excluding hydrogens is 457 g/mol. The Morgan fingerprint density at radius 1 is 1.13 bits per heavy atom. The number of carbonyl (C=O) groups excluding carboxylic acids is 2. The largest absolute Gasteiger partial charge is 0.466 e. The van der Waals surface area contributed by atoms with Gasteiger partial charge in [0.25, 0.3) is 10.1 Å². The van der Waals surface area contributed by atoms with Crippen molar-refractivity contribution in [3.63, 3.8) is 0 Å². The summed E-state index contributed by atoms with van der Waals surface area (Å²) in [6, 6.07) is 5.09. The Hall–Kier alpha value is -2.07. The lowest BCUT2D eigenvalue weighted by atomic mass is 9.80. The molecule has 8 nitrogen and oxygen atoms in total. The molecule has 0 radical (unpaired) electrons. The summed E-state index contributed by atoms with van der Waals surface area (Å²) >= 11 is 12.5. The lowest BCUT2D eigenvalue weighted by molar-refractivity contribution is -0.139. The van der Waals surface area contributed by atoms with Gasteiger partial charge in [0.2, 0.25) is 0 Å². The number of esters is 2. The van der Waals surface area contributed by atoms with Crippen molar-refractivity contribution in [2.24, 2.45) is 0 Å². The molecule has 2 rings (SSSR count). The predicted molar refractivity (Wildman–Crippen MR) is 114 cm³/mol. The molecule has 1 heterocycles. The maximum atomic E-state index is 12.6. The molecule has 0 aromatic heterocycles. The van der Waals surface area contributed by atoms with E-state index in [0.29, 0.717) is 39.4 Å². The van der Waals surface area contributed by atoms with Crippen molar-refractivity contribution in [1.29, 1.82) is 0 Å². The number of allylic oxidation sites excluding steroid dienone is 2. The number of ether oxygens (including phenoxy) is 2. The fourth-order valence-electron chi connectivity index (χ4n) is 2.91. The van der Waals surface area contributed by atoms with Crippen LogP contribution in [0.15, 0.2) is 40.7 Å². The first kappa shape index (κ1) is 26.0. The highest BCUT2D eigenvalue weighted by molar-refractivity contribution is 7.85. The Bertz CT molecular complexity index is 992. The Kier molecular flexibility index (Phi) is 9.35. The second-order valence-corrected chi connectivity index (χ2v) is 8.47. The van der Waals surface area contributed by atoms with Gasteiger partial charge in [0.1, 0.15) is 0 Å². The number of methoxy groups -OCH3 is 1. The van der Waals surface area contributed by atoms with Gasteiger partial charge in [-0.05, 0) is 32.4 Å². The molecule has 1 unspecified atom stereocenters. The minimum Gasteiger partial charge on any atom is -0.466 e. The maximum absolute atomic E-state index is 12.6. The third-order valence-electron chi connectivity index (χ3n) is 3.95. The van der Waals surface area contributed by atoms with Gasteiger partial charge in [-0.2, -0.15) is 8.42 Å². The topological polar surface area (TPSA) is 119 Å². The van der Waals surface area contributed by atoms with Crippen LogP contribution < -0.4 is 5.32 Å². The molecule has 1 aromatic carbocycles. The molecule has 0 saturated heterocycles. The van der Waals surface area contributed by atoms with E-state index in [1.165, 1.54) is 7.11 Å². The predicted octanol–water partition coefficient (Wildman–Crippen LogP) is 3.47. The average Bonchev–Trinajstić information content (AvgIpc) is 2.61. The van der Waals surface area contributed by atoms with Crippen molar-refractivity contribution >= 4 is 45.3 Å². The van der Waals surface area contributed by atoms with Crippen LogP contribution in [0.25, 0.3) is 0 Å². The van der Waals surface area contributed by atoms with E-state index >= 15 is 0 Å². The molecule has 166 valence electrons. The van der Waals surface area contributed by atoms with Crippen LogP contribution in [0.5, 0.6) is 0 Å². The van der Waals surface area contributed by atoms with E-state index in [2.05, 4.69) is 5.32 Å². The number of nitrogens with one attached hydrogen (secondary N) is 1. The Balaban J connectivity index is 0.000000804. The van der Waals surface area contributed by atoms with Crippen LogP contribution in [-0.4, -0.2) is 44.9 Å². The fraction of sp³-hybridized carbons (Fsp3) is 0.368. The van der Waals surface area contributed by atoms with E-state index in [1.54, 1.807) is 39.0 Å². The zero-order valence-electron chi connectivity index (χ0n) is 17.1. The highest BCUT2D eigenvalue weighted by Gasteiger charge is 2.38. The SMILES string of the molecule is CCOC(=O)C1=C(C)NC(C)=C(C(=O)OC)C1c1cccc(Cl)c1Cl.CS(=O)(=O)O. The van der Waals surface area contributed by atoms with Crippen LogP contribution in [0.1, 0.15) is 32.3 Å². The molecule has 1 aliphatic rings. The molecular formula is C19H23Cl2NO7S. The second-order valence-electron chi connectivity index (χ2n) is 6.22. The molecule has 30 heavy (non-hydrogen) atoms. The van der Waals surface area contributed by atoms with Crippen molar-refractivity contribution in [3.05, 3.63) is 56.3 Å². The molecule has 1 aromatic rings. The summed E-state index contributed by atoms with van der Waals surface area (Å²) in [5, 5.41) is 3.66. The van der Waals surface area contributed by atoms with Crippen LogP contribution in [-0.2, 0) is 29.2 Å². The summed E-state index contributed by atoms with van der Waals surface area (Å²) in [6.07, 6.45) is 0.715.